The van der Waals surface area contributed by atoms with Crippen LogP contribution in [0.3, 0.4) is 0 Å². The lowest BCUT2D eigenvalue weighted by Gasteiger charge is -2.37. The van der Waals surface area contributed by atoms with Crippen LogP contribution in [0.15, 0.2) is 6.07 Å². The van der Waals surface area contributed by atoms with E-state index in [1.807, 2.05) is 26.8 Å². The average Bonchev–Trinajstić information content (AvgIpc) is 2.41. The van der Waals surface area contributed by atoms with Crippen LogP contribution in [0, 0.1) is 5.41 Å². The Balaban J connectivity index is 2.18. The monoisotopic (exact) mass is 273 g/mol. The normalized spacial score (nSPS) is 17.9. The molecular weight excluding hydrogens is 250 g/mol. The number of hydrogen-bond donors (Lipinski definition) is 1. The number of ketones is 1. The maximum atomic E-state index is 12.6. The first-order valence-corrected chi connectivity index (χ1v) is 7.57. The van der Waals surface area contributed by atoms with Crippen LogP contribution in [-0.2, 0) is 12.8 Å². The summed E-state index contributed by atoms with van der Waals surface area (Å²) < 4.78 is 0. The van der Waals surface area contributed by atoms with Gasteiger partial charge in [-0.25, -0.2) is 0 Å². The lowest BCUT2D eigenvalue weighted by atomic mass is 9.82. The fourth-order valence-corrected chi connectivity index (χ4v) is 3.42. The summed E-state index contributed by atoms with van der Waals surface area (Å²) in [6.45, 7) is 7.88. The Labute approximate surface area is 120 Å². The molecule has 0 unspecified atom stereocenters. The van der Waals surface area contributed by atoms with Gasteiger partial charge in [-0.15, -0.1) is 0 Å². The third-order valence-corrected chi connectivity index (χ3v) is 4.42. The van der Waals surface area contributed by atoms with Crippen LogP contribution in [0.5, 0.6) is 5.75 Å². The number of phenolic OH excluding ortho intramolecular Hbond substituents is 1. The van der Waals surface area contributed by atoms with E-state index >= 15 is 0 Å². The molecule has 1 aromatic carbocycles. The molecule has 0 fully saturated rings. The number of hydrogen-bond acceptors (Lipinski definition) is 3. The van der Waals surface area contributed by atoms with Gasteiger partial charge in [0, 0.05) is 29.8 Å². The number of Topliss-reactive ketones (excluding diaryl/α,β-unsaturated/α-hetero) is 1. The van der Waals surface area contributed by atoms with Crippen LogP contribution in [0.2, 0.25) is 0 Å². The van der Waals surface area contributed by atoms with E-state index in [0.29, 0.717) is 5.56 Å². The Morgan fingerprint density at radius 1 is 1.20 bits per heavy atom. The molecule has 0 saturated heterocycles. The van der Waals surface area contributed by atoms with E-state index in [2.05, 4.69) is 4.90 Å². The number of carbonyl (C=O) groups excluding carboxylic acids is 1. The summed E-state index contributed by atoms with van der Waals surface area (Å²) in [6.07, 6.45) is 4.10. The van der Waals surface area contributed by atoms with E-state index in [0.717, 1.165) is 44.3 Å². The van der Waals surface area contributed by atoms with Crippen molar-refractivity contribution in [2.45, 2.75) is 46.5 Å². The van der Waals surface area contributed by atoms with Crippen molar-refractivity contribution in [1.29, 1.82) is 0 Å². The van der Waals surface area contributed by atoms with Crippen molar-refractivity contribution in [3.63, 3.8) is 0 Å². The van der Waals surface area contributed by atoms with E-state index in [-0.39, 0.29) is 11.5 Å². The second kappa shape index (κ2) is 4.51. The van der Waals surface area contributed by atoms with E-state index in [1.54, 1.807) is 0 Å². The number of phenols is 1. The van der Waals surface area contributed by atoms with Crippen molar-refractivity contribution in [2.75, 3.05) is 18.0 Å². The quantitative estimate of drug-likeness (QED) is 0.798. The molecule has 0 radical (unpaired) electrons. The topological polar surface area (TPSA) is 40.5 Å². The van der Waals surface area contributed by atoms with Crippen LogP contribution in [-0.4, -0.2) is 24.0 Å². The van der Waals surface area contributed by atoms with Gasteiger partial charge in [-0.05, 0) is 37.3 Å². The first-order valence-electron chi connectivity index (χ1n) is 7.57. The molecule has 1 N–H and O–H groups in total. The van der Waals surface area contributed by atoms with Crippen LogP contribution in [0.25, 0.3) is 0 Å². The molecule has 3 heteroatoms. The summed E-state index contributed by atoms with van der Waals surface area (Å²) in [6, 6.07) is 1.94. The molecule has 3 nitrogen and oxygen atoms in total. The third-order valence-electron chi connectivity index (χ3n) is 4.42. The Morgan fingerprint density at radius 3 is 2.50 bits per heavy atom. The number of benzene rings is 1. The van der Waals surface area contributed by atoms with Crippen molar-refractivity contribution in [3.8, 4) is 5.75 Å². The highest BCUT2D eigenvalue weighted by atomic mass is 16.3. The highest BCUT2D eigenvalue weighted by molar-refractivity contribution is 6.03. The lowest BCUT2D eigenvalue weighted by Crippen LogP contribution is -2.35. The largest absolute Gasteiger partial charge is 0.507 e. The van der Waals surface area contributed by atoms with Crippen molar-refractivity contribution in [1.82, 2.24) is 0 Å². The van der Waals surface area contributed by atoms with Crippen LogP contribution in [0.4, 0.5) is 5.69 Å². The van der Waals surface area contributed by atoms with E-state index in [4.69, 9.17) is 0 Å². The highest BCUT2D eigenvalue weighted by Crippen LogP contribution is 2.43. The Hall–Kier alpha value is -1.51. The summed E-state index contributed by atoms with van der Waals surface area (Å²) in [5, 5.41) is 10.6. The van der Waals surface area contributed by atoms with E-state index < -0.39 is 5.41 Å². The van der Waals surface area contributed by atoms with Crippen LogP contribution in [0.1, 0.15) is 55.1 Å². The second-order valence-corrected chi connectivity index (χ2v) is 7.03. The van der Waals surface area contributed by atoms with Gasteiger partial charge in [0.15, 0.2) is 5.78 Å². The number of aromatic hydroxyl groups is 1. The minimum Gasteiger partial charge on any atom is -0.507 e. The first kappa shape index (κ1) is 13.5. The first-order chi connectivity index (χ1) is 9.39. The second-order valence-electron chi connectivity index (χ2n) is 7.03. The van der Waals surface area contributed by atoms with Gasteiger partial charge in [0.1, 0.15) is 5.75 Å². The van der Waals surface area contributed by atoms with Crippen molar-refractivity contribution in [2.24, 2.45) is 5.41 Å². The van der Waals surface area contributed by atoms with Crippen molar-refractivity contribution >= 4 is 11.5 Å². The Kier molecular flexibility index (Phi) is 3.03. The lowest BCUT2D eigenvalue weighted by molar-refractivity contribution is 0.0855. The molecule has 0 saturated carbocycles. The summed E-state index contributed by atoms with van der Waals surface area (Å²) in [5.74, 6) is 0.270. The average molecular weight is 273 g/mol. The third kappa shape index (κ3) is 2.00. The molecule has 0 spiro atoms. The minimum atomic E-state index is -0.457. The summed E-state index contributed by atoms with van der Waals surface area (Å²) >= 11 is 0. The highest BCUT2D eigenvalue weighted by Gasteiger charge is 2.32. The molecule has 1 aromatic rings. The zero-order chi connectivity index (χ0) is 14.5. The maximum Gasteiger partial charge on any atom is 0.171 e. The summed E-state index contributed by atoms with van der Waals surface area (Å²) in [4.78, 5) is 14.9. The zero-order valence-corrected chi connectivity index (χ0v) is 12.6. The molecule has 2 aliphatic rings. The number of rotatable bonds is 1. The summed E-state index contributed by atoms with van der Waals surface area (Å²) in [5.41, 5.74) is 3.53. The van der Waals surface area contributed by atoms with Gasteiger partial charge < -0.3 is 10.0 Å². The molecule has 2 heterocycles. The Morgan fingerprint density at radius 2 is 1.85 bits per heavy atom. The smallest absolute Gasteiger partial charge is 0.171 e. The predicted octanol–water partition coefficient (Wildman–Crippen LogP) is 3.32. The minimum absolute atomic E-state index is 0.0387. The molecule has 0 atom stereocenters. The van der Waals surface area contributed by atoms with Crippen molar-refractivity contribution < 1.29 is 9.90 Å². The molecular formula is C17H23NO2. The molecule has 0 bridgehead atoms. The zero-order valence-electron chi connectivity index (χ0n) is 12.6. The number of aryl methyl sites for hydroxylation is 1. The predicted molar refractivity (Wildman–Crippen MR) is 80.7 cm³/mol. The van der Waals surface area contributed by atoms with Crippen LogP contribution >= 0.6 is 0 Å². The molecule has 0 aromatic heterocycles. The molecule has 2 aliphatic heterocycles. The standard InChI is InChI=1S/C17H23NO2/c1-17(2,3)16(20)13-10-11-6-4-8-18-9-5-7-12(14(11)18)15(13)19/h10,19H,4-9H2,1-3H3. The van der Waals surface area contributed by atoms with Crippen molar-refractivity contribution in [3.05, 3.63) is 22.8 Å². The van der Waals surface area contributed by atoms with E-state index in [1.165, 1.54) is 11.3 Å². The molecule has 108 valence electrons. The number of nitrogens with zero attached hydrogens (tertiary/aromatic N) is 1. The Bertz CT molecular complexity index is 567. The van der Waals surface area contributed by atoms with Gasteiger partial charge in [-0.1, -0.05) is 20.8 Å². The maximum absolute atomic E-state index is 12.6. The summed E-state index contributed by atoms with van der Waals surface area (Å²) in [7, 11) is 0. The van der Waals surface area contributed by atoms with Gasteiger partial charge in [-0.3, -0.25) is 4.79 Å². The van der Waals surface area contributed by atoms with Gasteiger partial charge >= 0.3 is 0 Å². The molecule has 20 heavy (non-hydrogen) atoms. The molecule has 3 rings (SSSR count). The van der Waals surface area contributed by atoms with E-state index in [9.17, 15) is 9.90 Å². The van der Waals surface area contributed by atoms with Gasteiger partial charge in [0.25, 0.3) is 0 Å². The fourth-order valence-electron chi connectivity index (χ4n) is 3.42. The van der Waals surface area contributed by atoms with Gasteiger partial charge in [0.05, 0.1) is 5.56 Å². The van der Waals surface area contributed by atoms with Crippen LogP contribution < -0.4 is 4.90 Å². The molecule has 0 aliphatic carbocycles. The number of anilines is 1. The SMILES string of the molecule is CC(C)(C)C(=O)c1cc2c3c(c1O)CCCN3CCC2. The number of carbonyl (C=O) groups is 1. The van der Waals surface area contributed by atoms with Gasteiger partial charge in [0.2, 0.25) is 0 Å². The molecule has 0 amide bonds. The van der Waals surface area contributed by atoms with Gasteiger partial charge in [-0.2, -0.15) is 0 Å². The fraction of sp³-hybridized carbons (Fsp3) is 0.588.